The van der Waals surface area contributed by atoms with E-state index >= 15 is 0 Å². The number of hydrogen-bond acceptors (Lipinski definition) is 7. The molecule has 0 aromatic carbocycles. The number of ether oxygens (including phenoxy) is 1. The van der Waals surface area contributed by atoms with Gasteiger partial charge in [0.2, 0.25) is 5.95 Å². The van der Waals surface area contributed by atoms with Crippen LogP contribution < -0.4 is 15.0 Å². The highest BCUT2D eigenvalue weighted by Crippen LogP contribution is 2.37. The van der Waals surface area contributed by atoms with E-state index in [9.17, 15) is 9.18 Å². The van der Waals surface area contributed by atoms with E-state index in [1.807, 2.05) is 0 Å². The summed E-state index contributed by atoms with van der Waals surface area (Å²) in [5.41, 5.74) is 1.12. The number of nitrogens with zero attached hydrogens (tertiary/aromatic N) is 4. The third-order valence-electron chi connectivity index (χ3n) is 5.73. The number of carbonyl (C=O) groups is 1. The van der Waals surface area contributed by atoms with Crippen molar-refractivity contribution in [2.75, 3.05) is 31.1 Å². The van der Waals surface area contributed by atoms with Crippen molar-refractivity contribution in [1.82, 2.24) is 20.2 Å². The summed E-state index contributed by atoms with van der Waals surface area (Å²) in [5, 5.41) is 4.61. The zero-order chi connectivity index (χ0) is 19.1. The largest absolute Gasteiger partial charge is 0.484 e. The Morgan fingerprint density at radius 1 is 1.36 bits per heavy atom. The normalized spacial score (nSPS) is 23.6. The Labute approximate surface area is 166 Å². The van der Waals surface area contributed by atoms with E-state index in [0.717, 1.165) is 30.3 Å². The number of pyridine rings is 1. The monoisotopic (exact) mass is 403 g/mol. The molecular weight excluding hydrogens is 381 g/mol. The van der Waals surface area contributed by atoms with Crippen LogP contribution in [0.3, 0.4) is 0 Å². The molecule has 5 rings (SSSR count). The number of aromatic nitrogens is 2. The van der Waals surface area contributed by atoms with Crippen LogP contribution in [0.15, 0.2) is 18.3 Å². The molecule has 2 aromatic heterocycles. The highest BCUT2D eigenvalue weighted by atomic mass is 32.1. The summed E-state index contributed by atoms with van der Waals surface area (Å²) in [4.78, 5) is 26.4. The van der Waals surface area contributed by atoms with Crippen LogP contribution in [0.5, 0.6) is 5.75 Å². The van der Waals surface area contributed by atoms with Gasteiger partial charge in [-0.3, -0.25) is 4.79 Å². The standard InChI is InChI=1S/C19H22FN5O2S/c20-17-7-14(3-5-22-17)27-11-18(26)24-6-4-15-16(10-24)28-19(23-15)25-12-1-2-13(25)9-21-8-12/h3,5,7,12-13,21H,1-2,4,6,8-11H2. The first-order valence-electron chi connectivity index (χ1n) is 9.67. The molecule has 148 valence electrons. The Balaban J connectivity index is 1.24. The van der Waals surface area contributed by atoms with Gasteiger partial charge in [-0.2, -0.15) is 4.39 Å². The maximum Gasteiger partial charge on any atom is 0.260 e. The summed E-state index contributed by atoms with van der Waals surface area (Å²) in [6.45, 7) is 3.15. The molecule has 0 aliphatic carbocycles. The van der Waals surface area contributed by atoms with Gasteiger partial charge in [0.15, 0.2) is 11.7 Å². The number of piperazine rings is 1. The number of amides is 1. The molecule has 2 bridgehead atoms. The number of hydrogen-bond donors (Lipinski definition) is 1. The maximum absolute atomic E-state index is 13.1. The van der Waals surface area contributed by atoms with Gasteiger partial charge in [-0.25, -0.2) is 9.97 Å². The number of nitrogens with one attached hydrogen (secondary N) is 1. The minimum absolute atomic E-state index is 0.0972. The van der Waals surface area contributed by atoms with Gasteiger partial charge >= 0.3 is 0 Å². The highest BCUT2D eigenvalue weighted by molar-refractivity contribution is 7.15. The summed E-state index contributed by atoms with van der Waals surface area (Å²) < 4.78 is 18.6. The molecule has 5 heterocycles. The quantitative estimate of drug-likeness (QED) is 0.782. The van der Waals surface area contributed by atoms with E-state index in [0.29, 0.717) is 30.9 Å². The van der Waals surface area contributed by atoms with E-state index in [1.165, 1.54) is 30.0 Å². The third kappa shape index (κ3) is 3.33. The lowest BCUT2D eigenvalue weighted by molar-refractivity contribution is -0.134. The van der Waals surface area contributed by atoms with E-state index in [4.69, 9.17) is 9.72 Å². The first-order valence-corrected chi connectivity index (χ1v) is 10.5. The van der Waals surface area contributed by atoms with Crippen LogP contribution in [-0.2, 0) is 17.8 Å². The first kappa shape index (κ1) is 17.8. The zero-order valence-electron chi connectivity index (χ0n) is 15.4. The van der Waals surface area contributed by atoms with Crippen LogP contribution in [0.2, 0.25) is 0 Å². The van der Waals surface area contributed by atoms with Gasteiger partial charge in [-0.05, 0) is 18.9 Å². The Hall–Kier alpha value is -2.26. The summed E-state index contributed by atoms with van der Waals surface area (Å²) in [6, 6.07) is 3.80. The van der Waals surface area contributed by atoms with E-state index in [-0.39, 0.29) is 12.5 Å². The van der Waals surface area contributed by atoms with Crippen LogP contribution in [0.25, 0.3) is 0 Å². The third-order valence-corrected chi connectivity index (χ3v) is 6.83. The number of halogens is 1. The van der Waals surface area contributed by atoms with Crippen molar-refractivity contribution in [3.63, 3.8) is 0 Å². The number of rotatable bonds is 4. The fraction of sp³-hybridized carbons (Fsp3) is 0.526. The molecule has 2 saturated heterocycles. The molecule has 0 radical (unpaired) electrons. The summed E-state index contributed by atoms with van der Waals surface area (Å²) in [7, 11) is 0. The van der Waals surface area contributed by atoms with Gasteiger partial charge in [-0.15, -0.1) is 0 Å². The predicted molar refractivity (Wildman–Crippen MR) is 103 cm³/mol. The molecule has 0 spiro atoms. The van der Waals surface area contributed by atoms with Crippen LogP contribution in [0, 0.1) is 5.95 Å². The molecule has 9 heteroatoms. The molecule has 2 atom stereocenters. The van der Waals surface area contributed by atoms with Crippen molar-refractivity contribution >= 4 is 22.4 Å². The van der Waals surface area contributed by atoms with Gasteiger partial charge in [0.1, 0.15) is 5.75 Å². The highest BCUT2D eigenvalue weighted by Gasteiger charge is 2.39. The smallest absolute Gasteiger partial charge is 0.260 e. The van der Waals surface area contributed by atoms with Gasteiger partial charge in [-0.1, -0.05) is 11.3 Å². The molecule has 3 aliphatic rings. The SMILES string of the molecule is O=C(COc1ccnc(F)c1)N1CCc2nc(N3C4CCC3CNC4)sc2C1. The molecule has 0 saturated carbocycles. The van der Waals surface area contributed by atoms with E-state index in [1.54, 1.807) is 22.3 Å². The fourth-order valence-electron chi connectivity index (χ4n) is 4.31. The topological polar surface area (TPSA) is 70.6 Å². The van der Waals surface area contributed by atoms with Gasteiger partial charge < -0.3 is 19.9 Å². The number of fused-ring (bicyclic) bond motifs is 3. The van der Waals surface area contributed by atoms with Crippen molar-refractivity contribution in [3.8, 4) is 5.75 Å². The number of thiazole rings is 1. The van der Waals surface area contributed by atoms with Crippen molar-refractivity contribution in [1.29, 1.82) is 0 Å². The van der Waals surface area contributed by atoms with E-state index < -0.39 is 5.95 Å². The molecule has 3 aliphatic heterocycles. The second kappa shape index (κ2) is 7.29. The maximum atomic E-state index is 13.1. The second-order valence-corrected chi connectivity index (χ2v) is 8.55. The fourth-order valence-corrected chi connectivity index (χ4v) is 5.57. The van der Waals surface area contributed by atoms with Crippen molar-refractivity contribution in [2.24, 2.45) is 0 Å². The predicted octanol–water partition coefficient (Wildman–Crippen LogP) is 1.58. The van der Waals surface area contributed by atoms with Crippen LogP contribution in [-0.4, -0.2) is 59.1 Å². The lowest BCUT2D eigenvalue weighted by Crippen LogP contribution is -2.51. The van der Waals surface area contributed by atoms with Crippen molar-refractivity contribution in [2.45, 2.75) is 37.9 Å². The molecule has 1 amide bonds. The minimum atomic E-state index is -0.619. The Bertz CT molecular complexity index is 875. The summed E-state index contributed by atoms with van der Waals surface area (Å²) in [5.74, 6) is -0.403. The summed E-state index contributed by atoms with van der Waals surface area (Å²) >= 11 is 1.72. The van der Waals surface area contributed by atoms with Gasteiger partial charge in [0.05, 0.1) is 12.2 Å². The zero-order valence-corrected chi connectivity index (χ0v) is 16.3. The lowest BCUT2D eigenvalue weighted by atomic mass is 10.2. The average Bonchev–Trinajstić information content (AvgIpc) is 3.22. The molecular formula is C19H22FN5O2S. The molecule has 2 aromatic rings. The number of carbonyl (C=O) groups excluding carboxylic acids is 1. The lowest BCUT2D eigenvalue weighted by Gasteiger charge is -2.35. The molecule has 2 unspecified atom stereocenters. The molecule has 2 fully saturated rings. The number of anilines is 1. The van der Waals surface area contributed by atoms with Crippen LogP contribution >= 0.6 is 11.3 Å². The Morgan fingerprint density at radius 3 is 2.96 bits per heavy atom. The van der Waals surface area contributed by atoms with Crippen LogP contribution in [0.1, 0.15) is 23.4 Å². The van der Waals surface area contributed by atoms with Gasteiger partial charge in [0.25, 0.3) is 5.91 Å². The molecule has 28 heavy (non-hydrogen) atoms. The van der Waals surface area contributed by atoms with E-state index in [2.05, 4.69) is 15.2 Å². The van der Waals surface area contributed by atoms with Crippen molar-refractivity contribution in [3.05, 3.63) is 34.8 Å². The minimum Gasteiger partial charge on any atom is -0.484 e. The van der Waals surface area contributed by atoms with Gasteiger partial charge in [0, 0.05) is 55.3 Å². The first-order chi connectivity index (χ1) is 13.7. The Morgan fingerprint density at radius 2 is 2.18 bits per heavy atom. The second-order valence-electron chi connectivity index (χ2n) is 7.49. The Kier molecular flexibility index (Phi) is 4.64. The summed E-state index contributed by atoms with van der Waals surface area (Å²) in [6.07, 6.45) is 4.53. The van der Waals surface area contributed by atoms with Crippen molar-refractivity contribution < 1.29 is 13.9 Å². The molecule has 1 N–H and O–H groups in total. The molecule has 7 nitrogen and oxygen atoms in total. The average molecular weight is 403 g/mol. The van der Waals surface area contributed by atoms with Crippen LogP contribution in [0.4, 0.5) is 9.52 Å².